The monoisotopic (exact) mass is 362 g/mol. The van der Waals surface area contributed by atoms with E-state index in [1.54, 1.807) is 10.6 Å². The van der Waals surface area contributed by atoms with Gasteiger partial charge in [-0.05, 0) is 10.6 Å². The van der Waals surface area contributed by atoms with Crippen molar-refractivity contribution in [3.63, 3.8) is 0 Å². The summed E-state index contributed by atoms with van der Waals surface area (Å²) < 4.78 is 0. The first-order valence-electron chi connectivity index (χ1n) is 10.8. The highest BCUT2D eigenvalue weighted by Crippen LogP contribution is 2.54. The third-order valence-electron chi connectivity index (χ3n) is 6.63. The van der Waals surface area contributed by atoms with Crippen molar-refractivity contribution >= 4 is 24.8 Å². The summed E-state index contributed by atoms with van der Waals surface area (Å²) in [5, 5.41) is 3.21. The van der Waals surface area contributed by atoms with E-state index in [4.69, 9.17) is 0 Å². The van der Waals surface area contributed by atoms with Crippen LogP contribution in [0.15, 0.2) is 60.7 Å². The molecule has 0 unspecified atom stereocenters. The van der Waals surface area contributed by atoms with Crippen LogP contribution in [-0.4, -0.2) is 6.43 Å². The zero-order valence-electron chi connectivity index (χ0n) is 16.0. The molecule has 0 radical (unpaired) electrons. The zero-order valence-corrected chi connectivity index (χ0v) is 16.9. The molecule has 2 aliphatic rings. The predicted octanol–water partition coefficient (Wildman–Crippen LogP) is 6.78. The lowest BCUT2D eigenvalue weighted by Gasteiger charge is -2.40. The molecule has 2 heteroatoms. The molecular weight excluding hydrogens is 330 g/mol. The normalized spacial score (nSPS) is 19.6. The molecule has 2 aromatic carbocycles. The number of hydrogen-bond acceptors (Lipinski definition) is 0. The third-order valence-corrected chi connectivity index (χ3v) is 9.78. The van der Waals surface area contributed by atoms with Gasteiger partial charge in [0.15, 0.2) is 6.43 Å². The molecular formula is C24H32BP. The summed E-state index contributed by atoms with van der Waals surface area (Å²) in [6.45, 7) is 0. The van der Waals surface area contributed by atoms with E-state index in [1.807, 2.05) is 0 Å². The second kappa shape index (κ2) is 9.23. The van der Waals surface area contributed by atoms with Gasteiger partial charge in [0, 0.05) is 0 Å². The van der Waals surface area contributed by atoms with Crippen LogP contribution in [0.3, 0.4) is 0 Å². The van der Waals surface area contributed by atoms with Crippen LogP contribution in [0.4, 0.5) is 0 Å². The number of benzene rings is 2. The zero-order chi connectivity index (χ0) is 17.6. The Morgan fingerprint density at radius 3 is 1.31 bits per heavy atom. The van der Waals surface area contributed by atoms with Gasteiger partial charge in [0.2, 0.25) is 0 Å². The lowest BCUT2D eigenvalue weighted by atomic mass is 9.46. The maximum atomic E-state index is 2.41. The van der Waals surface area contributed by atoms with Crippen LogP contribution in [0.25, 0.3) is 0 Å². The quantitative estimate of drug-likeness (QED) is 0.406. The SMILES string of the molecule is c1ccc(P(B(C2CCCCC2)C2CCCCC2)c2ccccc2)cc1. The Kier molecular flexibility index (Phi) is 6.50. The van der Waals surface area contributed by atoms with Gasteiger partial charge in [0.25, 0.3) is 0 Å². The Morgan fingerprint density at radius 2 is 0.923 bits per heavy atom. The van der Waals surface area contributed by atoms with E-state index in [0.717, 1.165) is 18.1 Å². The summed E-state index contributed by atoms with van der Waals surface area (Å²) in [6, 6.07) is 23.0. The van der Waals surface area contributed by atoms with Crippen molar-refractivity contribution in [2.75, 3.05) is 0 Å². The van der Waals surface area contributed by atoms with Gasteiger partial charge < -0.3 is 0 Å². The van der Waals surface area contributed by atoms with E-state index in [2.05, 4.69) is 60.7 Å². The smallest absolute Gasteiger partial charge is 0.0786 e. The molecule has 4 rings (SSSR count). The highest BCUT2D eigenvalue weighted by Gasteiger charge is 2.41. The first-order valence-corrected chi connectivity index (χ1v) is 12.2. The fraction of sp³-hybridized carbons (Fsp3) is 0.500. The highest BCUT2D eigenvalue weighted by molar-refractivity contribution is 8.01. The molecule has 0 saturated heterocycles. The molecule has 0 amide bonds. The maximum Gasteiger partial charge on any atom is 0.188 e. The van der Waals surface area contributed by atoms with Gasteiger partial charge >= 0.3 is 0 Å². The molecule has 2 aromatic rings. The van der Waals surface area contributed by atoms with Gasteiger partial charge in [-0.15, -0.1) is 0 Å². The second-order valence-corrected chi connectivity index (χ2v) is 10.7. The van der Waals surface area contributed by atoms with E-state index in [0.29, 0.717) is 0 Å². The molecule has 26 heavy (non-hydrogen) atoms. The third kappa shape index (κ3) is 4.25. The summed E-state index contributed by atoms with van der Waals surface area (Å²) in [5.41, 5.74) is 0. The van der Waals surface area contributed by atoms with Gasteiger partial charge in [0.1, 0.15) is 0 Å². The van der Waals surface area contributed by atoms with Crippen molar-refractivity contribution in [2.24, 2.45) is 0 Å². The summed E-state index contributed by atoms with van der Waals surface area (Å²) in [6.07, 6.45) is 15.5. The van der Waals surface area contributed by atoms with E-state index in [9.17, 15) is 0 Å². The number of rotatable bonds is 5. The summed E-state index contributed by atoms with van der Waals surface area (Å²) in [7, 11) is -0.260. The van der Waals surface area contributed by atoms with E-state index in [1.165, 1.54) is 64.2 Å². The standard InChI is InChI=1S/C24H32BP/c1-5-13-21(14-6-1)25(22-15-7-2-8-16-22)26(23-17-9-3-10-18-23)24-19-11-4-12-20-24/h3-4,9-12,17-22H,1-2,5-8,13-16H2. The Balaban J connectivity index is 1.74. The van der Waals surface area contributed by atoms with Crippen LogP contribution in [0.1, 0.15) is 64.2 Å². The fourth-order valence-electron chi connectivity index (χ4n) is 5.43. The Morgan fingerprint density at radius 1 is 0.538 bits per heavy atom. The summed E-state index contributed by atoms with van der Waals surface area (Å²) >= 11 is 0. The highest BCUT2D eigenvalue weighted by atomic mass is 31.1. The first-order chi connectivity index (χ1) is 12.9. The van der Waals surface area contributed by atoms with Crippen LogP contribution < -0.4 is 10.6 Å². The van der Waals surface area contributed by atoms with Crippen molar-refractivity contribution in [2.45, 2.75) is 75.8 Å². The van der Waals surface area contributed by atoms with Crippen molar-refractivity contribution in [1.82, 2.24) is 0 Å². The lowest BCUT2D eigenvalue weighted by Crippen LogP contribution is -2.35. The van der Waals surface area contributed by atoms with E-state index >= 15 is 0 Å². The predicted molar refractivity (Wildman–Crippen MR) is 118 cm³/mol. The van der Waals surface area contributed by atoms with Crippen LogP contribution in [-0.2, 0) is 0 Å². The maximum absolute atomic E-state index is 2.41. The molecule has 0 aromatic heterocycles. The minimum Gasteiger partial charge on any atom is -0.0786 e. The molecule has 2 saturated carbocycles. The van der Waals surface area contributed by atoms with E-state index in [-0.39, 0.29) is 7.80 Å². The molecule has 0 aliphatic heterocycles. The molecule has 136 valence electrons. The van der Waals surface area contributed by atoms with Gasteiger partial charge in [-0.2, -0.15) is 0 Å². The minimum atomic E-state index is -0.260. The average Bonchev–Trinajstić information content (AvgIpc) is 2.74. The molecule has 0 bridgehead atoms. The first kappa shape index (κ1) is 18.3. The van der Waals surface area contributed by atoms with Crippen LogP contribution in [0.5, 0.6) is 0 Å². The lowest BCUT2D eigenvalue weighted by molar-refractivity contribution is 0.467. The fourth-order valence-corrected chi connectivity index (χ4v) is 8.84. The van der Waals surface area contributed by atoms with Crippen molar-refractivity contribution in [1.29, 1.82) is 0 Å². The Bertz CT molecular complexity index is 587. The Hall–Kier alpha value is -1.07. The van der Waals surface area contributed by atoms with Gasteiger partial charge in [-0.3, -0.25) is 0 Å². The summed E-state index contributed by atoms with van der Waals surface area (Å²) in [5.74, 6) is 1.89. The second-order valence-electron chi connectivity index (χ2n) is 8.33. The van der Waals surface area contributed by atoms with Crippen molar-refractivity contribution in [3.05, 3.63) is 60.7 Å². The van der Waals surface area contributed by atoms with Crippen LogP contribution >= 0.6 is 7.80 Å². The minimum absolute atomic E-state index is 0.260. The van der Waals surface area contributed by atoms with Gasteiger partial charge in [-0.25, -0.2) is 0 Å². The molecule has 2 fully saturated rings. The average molecular weight is 362 g/mol. The molecule has 0 spiro atoms. The van der Waals surface area contributed by atoms with Crippen molar-refractivity contribution < 1.29 is 0 Å². The molecule has 0 heterocycles. The van der Waals surface area contributed by atoms with Crippen LogP contribution in [0.2, 0.25) is 11.6 Å². The molecule has 0 N–H and O–H groups in total. The largest absolute Gasteiger partial charge is 0.188 e. The molecule has 2 aliphatic carbocycles. The van der Waals surface area contributed by atoms with Gasteiger partial charge in [0.05, 0.1) is 0 Å². The van der Waals surface area contributed by atoms with Crippen molar-refractivity contribution in [3.8, 4) is 0 Å². The Labute approximate surface area is 161 Å². The van der Waals surface area contributed by atoms with Crippen LogP contribution in [0, 0.1) is 0 Å². The molecule has 0 atom stereocenters. The van der Waals surface area contributed by atoms with Gasteiger partial charge in [-0.1, -0.05) is 144 Å². The topological polar surface area (TPSA) is 0 Å². The number of hydrogen-bond donors (Lipinski definition) is 0. The summed E-state index contributed by atoms with van der Waals surface area (Å²) in [4.78, 5) is 0. The molecule has 0 nitrogen and oxygen atoms in total. The van der Waals surface area contributed by atoms with E-state index < -0.39 is 0 Å².